The zero-order chi connectivity index (χ0) is 21.6. The Kier molecular flexibility index (Phi) is 4.79. The average Bonchev–Trinajstić information content (AvgIpc) is 2.74. The van der Waals surface area contributed by atoms with Crippen molar-refractivity contribution in [2.24, 2.45) is 0 Å². The van der Waals surface area contributed by atoms with Gasteiger partial charge in [0.1, 0.15) is 5.56 Å². The zero-order valence-corrected chi connectivity index (χ0v) is 18.0. The van der Waals surface area contributed by atoms with E-state index >= 15 is 0 Å². The van der Waals surface area contributed by atoms with E-state index in [1.807, 2.05) is 32.0 Å². The third-order valence-electron chi connectivity index (χ3n) is 5.51. The van der Waals surface area contributed by atoms with Gasteiger partial charge in [-0.1, -0.05) is 29.8 Å². The highest BCUT2D eigenvalue weighted by molar-refractivity contribution is 6.34. The Morgan fingerprint density at radius 2 is 2.03 bits per heavy atom. The lowest BCUT2D eigenvalue weighted by atomic mass is 10.0. The number of fused-ring (bicyclic) bond motifs is 2. The molecule has 0 aliphatic carbocycles. The molecule has 7 nitrogen and oxygen atoms in total. The van der Waals surface area contributed by atoms with E-state index in [9.17, 15) is 4.79 Å². The number of hydrogen-bond donors (Lipinski definition) is 2. The van der Waals surface area contributed by atoms with Crippen LogP contribution in [-0.4, -0.2) is 28.1 Å². The first-order valence-corrected chi connectivity index (χ1v) is 10.5. The fraction of sp³-hybridized carbons (Fsp3) is 0.261. The molecule has 0 spiro atoms. The standard InChI is InChI=1S/C23H22ClN5O2/c1-23(2)29(19-6-4-3-5-18(19)24)21(30)17-13-26-22(28-20(17)31-23)27-16-8-7-14-9-10-25-12-15(14)11-16/h3-8,11,13,25H,9-10,12H2,1-2H3,(H,26,27,28). The number of para-hydroxylation sites is 1. The highest BCUT2D eigenvalue weighted by atomic mass is 35.5. The summed E-state index contributed by atoms with van der Waals surface area (Å²) in [7, 11) is 0. The van der Waals surface area contributed by atoms with Crippen molar-refractivity contribution < 1.29 is 9.53 Å². The number of amides is 1. The maximum atomic E-state index is 13.3. The van der Waals surface area contributed by atoms with E-state index in [1.54, 1.807) is 12.1 Å². The smallest absolute Gasteiger partial charge is 0.268 e. The zero-order valence-electron chi connectivity index (χ0n) is 17.3. The number of aromatic nitrogens is 2. The third kappa shape index (κ3) is 3.60. The van der Waals surface area contributed by atoms with Crippen LogP contribution in [0, 0.1) is 0 Å². The van der Waals surface area contributed by atoms with Gasteiger partial charge in [-0.25, -0.2) is 4.98 Å². The number of anilines is 3. The van der Waals surface area contributed by atoms with Crippen LogP contribution in [0.15, 0.2) is 48.7 Å². The summed E-state index contributed by atoms with van der Waals surface area (Å²) >= 11 is 6.35. The summed E-state index contributed by atoms with van der Waals surface area (Å²) in [4.78, 5) is 23.7. The lowest BCUT2D eigenvalue weighted by molar-refractivity contribution is 0.0606. The summed E-state index contributed by atoms with van der Waals surface area (Å²) in [5, 5.41) is 7.07. The summed E-state index contributed by atoms with van der Waals surface area (Å²) in [5.41, 5.74) is 3.40. The molecule has 2 N–H and O–H groups in total. The fourth-order valence-corrected chi connectivity index (χ4v) is 4.24. The Hall–Kier alpha value is -3.16. The molecule has 3 heterocycles. The van der Waals surface area contributed by atoms with Gasteiger partial charge < -0.3 is 15.4 Å². The Labute approximate surface area is 185 Å². The Morgan fingerprint density at radius 1 is 1.19 bits per heavy atom. The number of benzene rings is 2. The predicted octanol–water partition coefficient (Wildman–Crippen LogP) is 4.29. The number of rotatable bonds is 3. The van der Waals surface area contributed by atoms with Gasteiger partial charge in [0.05, 0.1) is 10.7 Å². The monoisotopic (exact) mass is 435 g/mol. The van der Waals surface area contributed by atoms with Crippen molar-refractivity contribution in [3.05, 3.63) is 70.4 Å². The van der Waals surface area contributed by atoms with Gasteiger partial charge >= 0.3 is 0 Å². The summed E-state index contributed by atoms with van der Waals surface area (Å²) < 4.78 is 6.13. The molecule has 0 radical (unpaired) electrons. The lowest BCUT2D eigenvalue weighted by Gasteiger charge is -2.42. The third-order valence-corrected chi connectivity index (χ3v) is 5.83. The Balaban J connectivity index is 1.45. The van der Waals surface area contributed by atoms with Gasteiger partial charge in [-0.15, -0.1) is 0 Å². The molecule has 0 fully saturated rings. The average molecular weight is 436 g/mol. The van der Waals surface area contributed by atoms with Crippen LogP contribution >= 0.6 is 11.6 Å². The van der Waals surface area contributed by atoms with E-state index in [1.165, 1.54) is 22.2 Å². The van der Waals surface area contributed by atoms with Crippen LogP contribution in [-0.2, 0) is 13.0 Å². The Morgan fingerprint density at radius 3 is 2.87 bits per heavy atom. The van der Waals surface area contributed by atoms with Gasteiger partial charge in [-0.2, -0.15) is 4.98 Å². The molecular formula is C23H22ClN5O2. The molecule has 158 valence electrons. The molecule has 2 aromatic carbocycles. The molecule has 1 amide bonds. The van der Waals surface area contributed by atoms with Crippen LogP contribution in [0.25, 0.3) is 0 Å². The predicted molar refractivity (Wildman–Crippen MR) is 120 cm³/mol. The number of hydrogen-bond acceptors (Lipinski definition) is 6. The number of nitrogens with one attached hydrogen (secondary N) is 2. The molecule has 0 saturated carbocycles. The van der Waals surface area contributed by atoms with E-state index < -0.39 is 5.72 Å². The molecule has 8 heteroatoms. The van der Waals surface area contributed by atoms with Crippen molar-refractivity contribution in [2.75, 3.05) is 16.8 Å². The molecule has 2 aliphatic rings. The summed E-state index contributed by atoms with van der Waals surface area (Å²) in [6.07, 6.45) is 2.52. The van der Waals surface area contributed by atoms with Crippen molar-refractivity contribution in [2.45, 2.75) is 32.5 Å². The molecule has 0 atom stereocenters. The number of carbonyl (C=O) groups excluding carboxylic acids is 1. The second kappa shape index (κ2) is 7.51. The topological polar surface area (TPSA) is 79.4 Å². The highest BCUT2D eigenvalue weighted by Gasteiger charge is 2.43. The molecule has 0 unspecified atom stereocenters. The summed E-state index contributed by atoms with van der Waals surface area (Å²) in [6.45, 7) is 5.46. The number of halogens is 1. The van der Waals surface area contributed by atoms with Gasteiger partial charge in [0.2, 0.25) is 11.8 Å². The van der Waals surface area contributed by atoms with Crippen LogP contribution in [0.5, 0.6) is 5.88 Å². The molecule has 31 heavy (non-hydrogen) atoms. The first kappa shape index (κ1) is 19.8. The SMILES string of the molecule is CC1(C)Oc2nc(Nc3ccc4c(c3)CNCC4)ncc2C(=O)N1c1ccccc1Cl. The van der Waals surface area contributed by atoms with Crippen molar-refractivity contribution in [1.82, 2.24) is 15.3 Å². The van der Waals surface area contributed by atoms with Crippen molar-refractivity contribution in [1.29, 1.82) is 0 Å². The minimum absolute atomic E-state index is 0.246. The van der Waals surface area contributed by atoms with Gasteiger partial charge in [0.15, 0.2) is 5.72 Å². The van der Waals surface area contributed by atoms with Crippen LogP contribution < -0.4 is 20.3 Å². The highest BCUT2D eigenvalue weighted by Crippen LogP contribution is 2.38. The van der Waals surface area contributed by atoms with Crippen LogP contribution in [0.3, 0.4) is 0 Å². The molecule has 2 aliphatic heterocycles. The van der Waals surface area contributed by atoms with Gasteiger partial charge in [-0.05, 0) is 62.2 Å². The molecule has 5 rings (SSSR count). The van der Waals surface area contributed by atoms with Crippen molar-refractivity contribution in [3.63, 3.8) is 0 Å². The second-order valence-electron chi connectivity index (χ2n) is 8.09. The largest absolute Gasteiger partial charge is 0.450 e. The maximum absolute atomic E-state index is 13.3. The number of ether oxygens (including phenoxy) is 1. The van der Waals surface area contributed by atoms with Gasteiger partial charge in [0, 0.05) is 18.4 Å². The van der Waals surface area contributed by atoms with E-state index in [0.717, 1.165) is 25.2 Å². The molecule has 0 saturated heterocycles. The molecule has 3 aromatic rings. The van der Waals surface area contributed by atoms with Crippen LogP contribution in [0.1, 0.15) is 35.3 Å². The lowest BCUT2D eigenvalue weighted by Crippen LogP contribution is -2.55. The van der Waals surface area contributed by atoms with Gasteiger partial charge in [-0.3, -0.25) is 9.69 Å². The first-order chi connectivity index (χ1) is 14.9. The Bertz CT molecular complexity index is 1180. The summed E-state index contributed by atoms with van der Waals surface area (Å²) in [6, 6.07) is 13.4. The molecule has 0 bridgehead atoms. The molecular weight excluding hydrogens is 414 g/mol. The fourth-order valence-electron chi connectivity index (χ4n) is 4.02. The van der Waals surface area contributed by atoms with E-state index in [2.05, 4.69) is 32.7 Å². The quantitative estimate of drug-likeness (QED) is 0.638. The first-order valence-electron chi connectivity index (χ1n) is 10.2. The van der Waals surface area contributed by atoms with Crippen molar-refractivity contribution in [3.8, 4) is 5.88 Å². The van der Waals surface area contributed by atoms with Crippen LogP contribution in [0.4, 0.5) is 17.3 Å². The maximum Gasteiger partial charge on any atom is 0.268 e. The normalized spacial score (nSPS) is 16.9. The number of carbonyl (C=O) groups is 1. The molecule has 1 aromatic heterocycles. The second-order valence-corrected chi connectivity index (χ2v) is 8.50. The summed E-state index contributed by atoms with van der Waals surface area (Å²) in [5.74, 6) is 0.360. The van der Waals surface area contributed by atoms with E-state index in [-0.39, 0.29) is 11.8 Å². The van der Waals surface area contributed by atoms with Crippen molar-refractivity contribution >= 4 is 34.8 Å². The minimum atomic E-state index is -0.974. The number of nitrogens with zero attached hydrogens (tertiary/aromatic N) is 3. The van der Waals surface area contributed by atoms with E-state index in [0.29, 0.717) is 22.2 Å². The van der Waals surface area contributed by atoms with Gasteiger partial charge in [0.25, 0.3) is 5.91 Å². The van der Waals surface area contributed by atoms with E-state index in [4.69, 9.17) is 16.3 Å². The minimum Gasteiger partial charge on any atom is -0.450 e. The van der Waals surface area contributed by atoms with Crippen LogP contribution in [0.2, 0.25) is 5.02 Å².